The molecule has 1 aliphatic rings. The van der Waals surface area contributed by atoms with Gasteiger partial charge >= 0.3 is 0 Å². The summed E-state index contributed by atoms with van der Waals surface area (Å²) in [7, 11) is -1.68. The predicted octanol–water partition coefficient (Wildman–Crippen LogP) is -0.402. The van der Waals surface area contributed by atoms with Gasteiger partial charge < -0.3 is 16.4 Å². The second kappa shape index (κ2) is 6.00. The first kappa shape index (κ1) is 15.7. The number of nitrogens with two attached hydrogens (primary N) is 2. The highest BCUT2D eigenvalue weighted by Gasteiger charge is 2.23. The highest BCUT2D eigenvalue weighted by atomic mass is 32.2. The van der Waals surface area contributed by atoms with E-state index >= 15 is 0 Å². The van der Waals surface area contributed by atoms with Crippen molar-refractivity contribution in [3.8, 4) is 0 Å². The van der Waals surface area contributed by atoms with Gasteiger partial charge in [-0.25, -0.2) is 13.1 Å². The van der Waals surface area contributed by atoms with Gasteiger partial charge in [0.25, 0.3) is 0 Å². The normalized spacial score (nSPS) is 19.8. The molecule has 1 atom stereocenters. The molecule has 1 amide bonds. The summed E-state index contributed by atoms with van der Waals surface area (Å²) in [4.78, 5) is 13.2. The van der Waals surface area contributed by atoms with Crippen molar-refractivity contribution in [1.82, 2.24) is 9.62 Å². The standard InChI is InChI=1S/C13H20N4O3S/c1-17-5-4-9(8-17)7-16-21(19,20)12-3-2-10(13(15)18)6-11(12)14/h2-3,6,9,16H,4-5,7-8,14H2,1H3,(H2,15,18). The fourth-order valence-electron chi connectivity index (χ4n) is 2.44. The van der Waals surface area contributed by atoms with E-state index in [1.54, 1.807) is 0 Å². The Labute approximate surface area is 124 Å². The average molecular weight is 312 g/mol. The number of benzene rings is 1. The van der Waals surface area contributed by atoms with Crippen molar-refractivity contribution in [1.29, 1.82) is 0 Å². The molecule has 1 saturated heterocycles. The third-order valence-electron chi connectivity index (χ3n) is 3.63. The number of amides is 1. The largest absolute Gasteiger partial charge is 0.398 e. The lowest BCUT2D eigenvalue weighted by molar-refractivity contribution is 0.1000. The van der Waals surface area contributed by atoms with E-state index < -0.39 is 15.9 Å². The highest BCUT2D eigenvalue weighted by Crippen LogP contribution is 2.20. The molecule has 0 radical (unpaired) electrons. The van der Waals surface area contributed by atoms with E-state index in [4.69, 9.17) is 11.5 Å². The highest BCUT2D eigenvalue weighted by molar-refractivity contribution is 7.89. The number of primary amides is 1. The minimum atomic E-state index is -3.68. The first-order chi connectivity index (χ1) is 9.79. The van der Waals surface area contributed by atoms with Crippen LogP contribution in [0.2, 0.25) is 0 Å². The Bertz CT molecular complexity index is 645. The number of nitrogens with zero attached hydrogens (tertiary/aromatic N) is 1. The molecule has 0 aromatic heterocycles. The number of anilines is 1. The minimum Gasteiger partial charge on any atom is -0.398 e. The summed E-state index contributed by atoms with van der Waals surface area (Å²) in [6.45, 7) is 2.23. The number of hydrogen-bond donors (Lipinski definition) is 3. The van der Waals surface area contributed by atoms with Crippen LogP contribution in [0.1, 0.15) is 16.8 Å². The number of nitrogens with one attached hydrogen (secondary N) is 1. The second-order valence-corrected chi connectivity index (χ2v) is 7.12. The molecule has 5 N–H and O–H groups in total. The average Bonchev–Trinajstić information content (AvgIpc) is 2.82. The van der Waals surface area contributed by atoms with E-state index in [0.29, 0.717) is 12.5 Å². The Morgan fingerprint density at radius 1 is 1.48 bits per heavy atom. The van der Waals surface area contributed by atoms with E-state index in [-0.39, 0.29) is 16.1 Å². The maximum atomic E-state index is 12.3. The second-order valence-electron chi connectivity index (χ2n) is 5.39. The van der Waals surface area contributed by atoms with Crippen molar-refractivity contribution in [3.05, 3.63) is 23.8 Å². The Morgan fingerprint density at radius 2 is 2.19 bits per heavy atom. The topological polar surface area (TPSA) is 119 Å². The van der Waals surface area contributed by atoms with Crippen LogP contribution in [0, 0.1) is 5.92 Å². The molecule has 0 bridgehead atoms. The molecular weight excluding hydrogens is 292 g/mol. The van der Waals surface area contributed by atoms with Crippen molar-refractivity contribution in [2.24, 2.45) is 11.7 Å². The number of nitrogen functional groups attached to an aromatic ring is 1. The molecule has 8 heteroatoms. The van der Waals surface area contributed by atoms with E-state index in [2.05, 4.69) is 9.62 Å². The first-order valence-electron chi connectivity index (χ1n) is 6.67. The summed E-state index contributed by atoms with van der Waals surface area (Å²) in [6.07, 6.45) is 0.967. The number of sulfonamides is 1. The smallest absolute Gasteiger partial charge is 0.248 e. The van der Waals surface area contributed by atoms with Crippen molar-refractivity contribution < 1.29 is 13.2 Å². The number of likely N-dealkylation sites (tertiary alicyclic amines) is 1. The molecule has 1 unspecified atom stereocenters. The van der Waals surface area contributed by atoms with Gasteiger partial charge in [-0.1, -0.05) is 0 Å². The monoisotopic (exact) mass is 312 g/mol. The number of carbonyl (C=O) groups excluding carboxylic acids is 1. The van der Waals surface area contributed by atoms with E-state index in [1.807, 2.05) is 7.05 Å². The lowest BCUT2D eigenvalue weighted by Gasteiger charge is -2.13. The SMILES string of the molecule is CN1CCC(CNS(=O)(=O)c2ccc(C(N)=O)cc2N)C1. The van der Waals surface area contributed by atoms with Crippen molar-refractivity contribution in [2.75, 3.05) is 32.4 Å². The molecule has 7 nitrogen and oxygen atoms in total. The fraction of sp³-hybridized carbons (Fsp3) is 0.462. The van der Waals surface area contributed by atoms with Crippen LogP contribution in [0.25, 0.3) is 0 Å². The summed E-state index contributed by atoms with van der Waals surface area (Å²) >= 11 is 0. The molecule has 1 aromatic rings. The van der Waals surface area contributed by atoms with Crippen LogP contribution in [0.3, 0.4) is 0 Å². The van der Waals surface area contributed by atoms with Crippen molar-refractivity contribution in [3.63, 3.8) is 0 Å². The van der Waals surface area contributed by atoms with E-state index in [0.717, 1.165) is 19.5 Å². The number of rotatable bonds is 5. The molecule has 0 saturated carbocycles. The Kier molecular flexibility index (Phi) is 4.50. The van der Waals surface area contributed by atoms with E-state index in [1.165, 1.54) is 18.2 Å². The third-order valence-corrected chi connectivity index (χ3v) is 5.13. The summed E-state index contributed by atoms with van der Waals surface area (Å²) in [5.74, 6) is -0.344. The van der Waals surface area contributed by atoms with Crippen molar-refractivity contribution >= 4 is 21.6 Å². The van der Waals surface area contributed by atoms with Gasteiger partial charge in [-0.05, 0) is 44.1 Å². The molecule has 1 aromatic carbocycles. The molecule has 1 heterocycles. The van der Waals surface area contributed by atoms with Gasteiger partial charge in [0.15, 0.2) is 0 Å². The third kappa shape index (κ3) is 3.72. The predicted molar refractivity (Wildman–Crippen MR) is 80.2 cm³/mol. The zero-order chi connectivity index (χ0) is 15.6. The lowest BCUT2D eigenvalue weighted by atomic mass is 10.1. The van der Waals surface area contributed by atoms with Crippen LogP contribution in [0.4, 0.5) is 5.69 Å². The van der Waals surface area contributed by atoms with Gasteiger partial charge in [0.2, 0.25) is 15.9 Å². The summed E-state index contributed by atoms with van der Waals surface area (Å²) < 4.78 is 27.1. The molecular formula is C13H20N4O3S. The van der Waals surface area contributed by atoms with Gasteiger partial charge in [-0.15, -0.1) is 0 Å². The van der Waals surface area contributed by atoms with Gasteiger partial charge in [0, 0.05) is 18.7 Å². The van der Waals surface area contributed by atoms with Gasteiger partial charge in [0.05, 0.1) is 5.69 Å². The minimum absolute atomic E-state index is 0.0161. The molecule has 0 spiro atoms. The van der Waals surface area contributed by atoms with Gasteiger partial charge in [-0.3, -0.25) is 4.79 Å². The molecule has 116 valence electrons. The number of carbonyl (C=O) groups is 1. The number of hydrogen-bond acceptors (Lipinski definition) is 5. The Hall–Kier alpha value is -1.64. The van der Waals surface area contributed by atoms with Crippen LogP contribution >= 0.6 is 0 Å². The lowest BCUT2D eigenvalue weighted by Crippen LogP contribution is -2.31. The quantitative estimate of drug-likeness (QED) is 0.639. The first-order valence-corrected chi connectivity index (χ1v) is 8.15. The molecule has 21 heavy (non-hydrogen) atoms. The fourth-order valence-corrected chi connectivity index (χ4v) is 3.67. The molecule has 2 rings (SSSR count). The molecule has 1 fully saturated rings. The summed E-state index contributed by atoms with van der Waals surface area (Å²) in [6, 6.07) is 3.94. The van der Waals surface area contributed by atoms with Crippen molar-refractivity contribution in [2.45, 2.75) is 11.3 Å². The maximum absolute atomic E-state index is 12.3. The zero-order valence-corrected chi connectivity index (χ0v) is 12.7. The zero-order valence-electron chi connectivity index (χ0n) is 11.9. The van der Waals surface area contributed by atoms with Crippen LogP contribution in [0.15, 0.2) is 23.1 Å². The van der Waals surface area contributed by atoms with E-state index in [9.17, 15) is 13.2 Å². The Morgan fingerprint density at radius 3 is 2.71 bits per heavy atom. The maximum Gasteiger partial charge on any atom is 0.248 e. The Balaban J connectivity index is 2.10. The van der Waals surface area contributed by atoms with Crippen LogP contribution in [-0.2, 0) is 10.0 Å². The van der Waals surface area contributed by atoms with Gasteiger partial charge in [0.1, 0.15) is 4.90 Å². The summed E-state index contributed by atoms with van der Waals surface area (Å²) in [5.41, 5.74) is 11.0. The van der Waals surface area contributed by atoms with Crippen LogP contribution in [-0.4, -0.2) is 45.9 Å². The van der Waals surface area contributed by atoms with Crippen LogP contribution < -0.4 is 16.2 Å². The van der Waals surface area contributed by atoms with Gasteiger partial charge in [-0.2, -0.15) is 0 Å². The molecule has 0 aliphatic carbocycles. The van der Waals surface area contributed by atoms with Crippen LogP contribution in [0.5, 0.6) is 0 Å². The summed E-state index contributed by atoms with van der Waals surface area (Å²) in [5, 5.41) is 0. The molecule has 1 aliphatic heterocycles.